The van der Waals surface area contributed by atoms with E-state index in [1.54, 1.807) is 0 Å². The fourth-order valence-electron chi connectivity index (χ4n) is 2.18. The van der Waals surface area contributed by atoms with Gasteiger partial charge in [0.25, 0.3) is 0 Å². The lowest BCUT2D eigenvalue weighted by Crippen LogP contribution is -2.07. The van der Waals surface area contributed by atoms with Crippen LogP contribution < -0.4 is 5.32 Å². The monoisotopic (exact) mass is 190 g/mol. The van der Waals surface area contributed by atoms with E-state index in [1.807, 2.05) is 7.05 Å². The number of hydrogen-bond donors (Lipinski definition) is 1. The Morgan fingerprint density at radius 1 is 1.29 bits per heavy atom. The van der Waals surface area contributed by atoms with Crippen molar-refractivity contribution in [2.45, 2.75) is 26.6 Å². The average Bonchev–Trinajstić information content (AvgIpc) is 2.45. The predicted octanol–water partition coefficient (Wildman–Crippen LogP) is 1.66. The number of hydrogen-bond acceptors (Lipinski definition) is 2. The van der Waals surface area contributed by atoms with E-state index in [9.17, 15) is 0 Å². The molecule has 1 heterocycles. The number of nitrogens with zero attached hydrogens (tertiary/aromatic N) is 1. The summed E-state index contributed by atoms with van der Waals surface area (Å²) in [5.74, 6) is 0. The summed E-state index contributed by atoms with van der Waals surface area (Å²) in [6.07, 6.45) is 0. The maximum atomic E-state index is 3.21. The lowest BCUT2D eigenvalue weighted by molar-refractivity contribution is 0.353. The maximum Gasteiger partial charge on any atom is 0.0237 e. The second-order valence-electron chi connectivity index (χ2n) is 4.25. The summed E-state index contributed by atoms with van der Waals surface area (Å²) in [7, 11) is 4.17. The average molecular weight is 190 g/mol. The Hall–Kier alpha value is -0.860. The molecule has 0 radical (unpaired) electrons. The lowest BCUT2D eigenvalue weighted by Gasteiger charge is -2.07. The molecule has 0 atom stereocenters. The molecule has 1 N–H and O–H groups in total. The minimum Gasteiger partial charge on any atom is -0.316 e. The van der Waals surface area contributed by atoms with Gasteiger partial charge in [0.2, 0.25) is 0 Å². The molecule has 0 saturated carbocycles. The van der Waals surface area contributed by atoms with E-state index in [4.69, 9.17) is 0 Å². The highest BCUT2D eigenvalue weighted by atomic mass is 15.1. The highest BCUT2D eigenvalue weighted by Crippen LogP contribution is 2.24. The van der Waals surface area contributed by atoms with Crippen LogP contribution in [0.5, 0.6) is 0 Å². The zero-order valence-electron chi connectivity index (χ0n) is 9.22. The Bertz CT molecular complexity index is 344. The minimum absolute atomic E-state index is 0.975. The molecule has 76 valence electrons. The van der Waals surface area contributed by atoms with Gasteiger partial charge in [0.1, 0.15) is 0 Å². The zero-order valence-corrected chi connectivity index (χ0v) is 9.22. The van der Waals surface area contributed by atoms with Crippen LogP contribution in [0.1, 0.15) is 22.3 Å². The summed E-state index contributed by atoms with van der Waals surface area (Å²) in [5.41, 5.74) is 5.85. The molecule has 0 aliphatic carbocycles. The molecule has 0 spiro atoms. The first-order valence-electron chi connectivity index (χ1n) is 5.15. The van der Waals surface area contributed by atoms with Crippen LogP contribution in [0.15, 0.2) is 12.1 Å². The number of nitrogens with one attached hydrogen (secondary N) is 1. The first-order valence-corrected chi connectivity index (χ1v) is 5.15. The van der Waals surface area contributed by atoms with Gasteiger partial charge in [-0.3, -0.25) is 4.90 Å². The third-order valence-electron chi connectivity index (χ3n) is 2.91. The minimum atomic E-state index is 0.975. The Kier molecular flexibility index (Phi) is 2.57. The van der Waals surface area contributed by atoms with E-state index in [2.05, 4.69) is 36.3 Å². The molecule has 1 aromatic carbocycles. The van der Waals surface area contributed by atoms with Crippen molar-refractivity contribution in [2.75, 3.05) is 14.1 Å². The molecule has 2 nitrogen and oxygen atoms in total. The molecule has 0 amide bonds. The Balaban J connectivity index is 2.35. The van der Waals surface area contributed by atoms with E-state index in [-0.39, 0.29) is 0 Å². The van der Waals surface area contributed by atoms with Gasteiger partial charge in [-0.2, -0.15) is 0 Å². The van der Waals surface area contributed by atoms with E-state index in [1.165, 1.54) is 22.3 Å². The SMILES string of the molecule is CNCc1cc2c(cc1C)CN(C)C2. The number of aryl methyl sites for hydroxylation is 1. The van der Waals surface area contributed by atoms with Crippen molar-refractivity contribution < 1.29 is 0 Å². The Morgan fingerprint density at radius 2 is 1.93 bits per heavy atom. The molecule has 2 heteroatoms. The largest absolute Gasteiger partial charge is 0.316 e. The molecule has 14 heavy (non-hydrogen) atoms. The van der Waals surface area contributed by atoms with Gasteiger partial charge < -0.3 is 5.32 Å². The number of benzene rings is 1. The van der Waals surface area contributed by atoms with E-state index in [0.717, 1.165) is 19.6 Å². The van der Waals surface area contributed by atoms with Gasteiger partial charge in [-0.1, -0.05) is 12.1 Å². The van der Waals surface area contributed by atoms with E-state index < -0.39 is 0 Å². The van der Waals surface area contributed by atoms with Crippen LogP contribution in [0.2, 0.25) is 0 Å². The van der Waals surface area contributed by atoms with Crippen molar-refractivity contribution in [2.24, 2.45) is 0 Å². The normalized spacial score (nSPS) is 15.9. The summed E-state index contributed by atoms with van der Waals surface area (Å²) in [5, 5.41) is 3.21. The Labute approximate surface area is 85.9 Å². The smallest absolute Gasteiger partial charge is 0.0237 e. The van der Waals surface area contributed by atoms with Crippen molar-refractivity contribution >= 4 is 0 Å². The van der Waals surface area contributed by atoms with Crippen LogP contribution >= 0.6 is 0 Å². The molecular formula is C12H18N2. The van der Waals surface area contributed by atoms with Crippen LogP contribution in [-0.4, -0.2) is 19.0 Å². The molecule has 0 fully saturated rings. The van der Waals surface area contributed by atoms with Gasteiger partial charge in [0, 0.05) is 19.6 Å². The van der Waals surface area contributed by atoms with Gasteiger partial charge >= 0.3 is 0 Å². The third kappa shape index (κ3) is 1.68. The van der Waals surface area contributed by atoms with E-state index >= 15 is 0 Å². The zero-order chi connectivity index (χ0) is 10.1. The second-order valence-corrected chi connectivity index (χ2v) is 4.25. The second kappa shape index (κ2) is 3.71. The molecule has 1 aliphatic rings. The fourth-order valence-corrected chi connectivity index (χ4v) is 2.18. The van der Waals surface area contributed by atoms with Gasteiger partial charge in [0.05, 0.1) is 0 Å². The summed E-state index contributed by atoms with van der Waals surface area (Å²) in [6.45, 7) is 5.39. The highest BCUT2D eigenvalue weighted by Gasteiger charge is 2.16. The topological polar surface area (TPSA) is 15.3 Å². The van der Waals surface area contributed by atoms with Crippen molar-refractivity contribution in [3.05, 3.63) is 34.4 Å². The number of rotatable bonds is 2. The lowest BCUT2D eigenvalue weighted by atomic mass is 10.0. The molecule has 0 unspecified atom stereocenters. The summed E-state index contributed by atoms with van der Waals surface area (Å²) in [6, 6.07) is 4.69. The van der Waals surface area contributed by atoms with Gasteiger partial charge in [0.15, 0.2) is 0 Å². The van der Waals surface area contributed by atoms with Crippen LogP contribution in [0.3, 0.4) is 0 Å². The van der Waals surface area contributed by atoms with Crippen LogP contribution in [-0.2, 0) is 19.6 Å². The van der Waals surface area contributed by atoms with Crippen molar-refractivity contribution in [1.29, 1.82) is 0 Å². The number of fused-ring (bicyclic) bond motifs is 1. The third-order valence-corrected chi connectivity index (χ3v) is 2.91. The first-order chi connectivity index (χ1) is 6.70. The van der Waals surface area contributed by atoms with Crippen LogP contribution in [0, 0.1) is 6.92 Å². The predicted molar refractivity (Wildman–Crippen MR) is 59.1 cm³/mol. The molecule has 0 aromatic heterocycles. The quantitative estimate of drug-likeness (QED) is 0.763. The van der Waals surface area contributed by atoms with Crippen molar-refractivity contribution in [1.82, 2.24) is 10.2 Å². The molecule has 0 saturated heterocycles. The van der Waals surface area contributed by atoms with Gasteiger partial charge in [-0.25, -0.2) is 0 Å². The Morgan fingerprint density at radius 3 is 2.57 bits per heavy atom. The van der Waals surface area contributed by atoms with Crippen LogP contribution in [0.25, 0.3) is 0 Å². The summed E-state index contributed by atoms with van der Waals surface area (Å²) >= 11 is 0. The molecule has 1 aromatic rings. The summed E-state index contributed by atoms with van der Waals surface area (Å²) < 4.78 is 0. The van der Waals surface area contributed by atoms with Crippen molar-refractivity contribution in [3.63, 3.8) is 0 Å². The standard InChI is InChI=1S/C12H18N2/c1-9-4-11-7-14(3)8-12(11)5-10(9)6-13-2/h4-5,13H,6-8H2,1-3H3. The van der Waals surface area contributed by atoms with Crippen molar-refractivity contribution in [3.8, 4) is 0 Å². The highest BCUT2D eigenvalue weighted by molar-refractivity contribution is 5.39. The molecular weight excluding hydrogens is 172 g/mol. The van der Waals surface area contributed by atoms with Gasteiger partial charge in [-0.05, 0) is 43.3 Å². The first kappa shape index (κ1) is 9.69. The molecule has 0 bridgehead atoms. The summed E-state index contributed by atoms with van der Waals surface area (Å²) in [4.78, 5) is 2.35. The van der Waals surface area contributed by atoms with Crippen LogP contribution in [0.4, 0.5) is 0 Å². The van der Waals surface area contributed by atoms with E-state index in [0.29, 0.717) is 0 Å². The molecule has 2 rings (SSSR count). The maximum absolute atomic E-state index is 3.21. The fraction of sp³-hybridized carbons (Fsp3) is 0.500. The van der Waals surface area contributed by atoms with Gasteiger partial charge in [-0.15, -0.1) is 0 Å². The molecule has 1 aliphatic heterocycles.